The number of fused-ring (bicyclic) bond motifs is 1. The van der Waals surface area contributed by atoms with Gasteiger partial charge in [-0.1, -0.05) is 6.07 Å². The van der Waals surface area contributed by atoms with Crippen molar-refractivity contribution in [3.8, 4) is 0 Å². The minimum atomic E-state index is -0.374. The van der Waals surface area contributed by atoms with E-state index in [9.17, 15) is 13.6 Å². The molecule has 4 heteroatoms. The molecule has 1 aliphatic heterocycles. The molecule has 0 N–H and O–H groups in total. The monoisotopic (exact) mass is 288 g/mol. The van der Waals surface area contributed by atoms with Crippen LogP contribution in [0.3, 0.4) is 0 Å². The molecule has 0 bridgehead atoms. The fourth-order valence-corrected chi connectivity index (χ4v) is 2.60. The van der Waals surface area contributed by atoms with Gasteiger partial charge in [-0.3, -0.25) is 4.79 Å². The molecule has 2 nitrogen and oxygen atoms in total. The van der Waals surface area contributed by atoms with Gasteiger partial charge in [0.05, 0.1) is 12.7 Å². The zero-order valence-electron chi connectivity index (χ0n) is 11.3. The Morgan fingerprint density at radius 1 is 1.10 bits per heavy atom. The SMILES string of the molecule is O=C(C[C@H]1OCCc2cc(F)ccc21)c1ccc(F)cc1. The van der Waals surface area contributed by atoms with Crippen LogP contribution in [0, 0.1) is 11.6 Å². The molecular weight excluding hydrogens is 274 g/mol. The van der Waals surface area contributed by atoms with Gasteiger partial charge < -0.3 is 4.74 Å². The fourth-order valence-electron chi connectivity index (χ4n) is 2.60. The fraction of sp³-hybridized carbons (Fsp3) is 0.235. The number of benzene rings is 2. The number of halogens is 2. The summed E-state index contributed by atoms with van der Waals surface area (Å²) in [5.41, 5.74) is 2.20. The summed E-state index contributed by atoms with van der Waals surface area (Å²) in [5.74, 6) is -0.766. The Bertz CT molecular complexity index is 665. The predicted molar refractivity (Wildman–Crippen MR) is 74.1 cm³/mol. The van der Waals surface area contributed by atoms with E-state index in [0.29, 0.717) is 18.6 Å². The second-order valence-electron chi connectivity index (χ2n) is 5.09. The highest BCUT2D eigenvalue weighted by Crippen LogP contribution is 2.31. The molecule has 3 rings (SSSR count). The number of Topliss-reactive ketones (excluding diaryl/α,β-unsaturated/α-hetero) is 1. The molecule has 0 fully saturated rings. The molecule has 0 aromatic heterocycles. The lowest BCUT2D eigenvalue weighted by Gasteiger charge is -2.25. The summed E-state index contributed by atoms with van der Waals surface area (Å²) in [5, 5.41) is 0. The van der Waals surface area contributed by atoms with Crippen molar-refractivity contribution in [2.45, 2.75) is 18.9 Å². The zero-order valence-corrected chi connectivity index (χ0v) is 11.3. The van der Waals surface area contributed by atoms with E-state index in [1.807, 2.05) is 0 Å². The van der Waals surface area contributed by atoms with Crippen LogP contribution in [-0.2, 0) is 11.2 Å². The first-order chi connectivity index (χ1) is 10.1. The average molecular weight is 288 g/mol. The molecule has 21 heavy (non-hydrogen) atoms. The van der Waals surface area contributed by atoms with Gasteiger partial charge >= 0.3 is 0 Å². The quantitative estimate of drug-likeness (QED) is 0.802. The minimum absolute atomic E-state index is 0.114. The van der Waals surface area contributed by atoms with E-state index >= 15 is 0 Å². The number of ether oxygens (including phenoxy) is 1. The van der Waals surface area contributed by atoms with Crippen LogP contribution in [0.2, 0.25) is 0 Å². The first kappa shape index (κ1) is 13.9. The van der Waals surface area contributed by atoms with Gasteiger partial charge in [0.15, 0.2) is 5.78 Å². The Kier molecular flexibility index (Phi) is 3.80. The topological polar surface area (TPSA) is 26.3 Å². The summed E-state index contributed by atoms with van der Waals surface area (Å²) in [4.78, 5) is 12.2. The molecule has 0 spiro atoms. The van der Waals surface area contributed by atoms with Crippen molar-refractivity contribution < 1.29 is 18.3 Å². The zero-order chi connectivity index (χ0) is 14.8. The molecule has 108 valence electrons. The van der Waals surface area contributed by atoms with Crippen molar-refractivity contribution in [3.63, 3.8) is 0 Å². The number of hydrogen-bond donors (Lipinski definition) is 0. The van der Waals surface area contributed by atoms with Crippen LogP contribution in [0.4, 0.5) is 8.78 Å². The number of carbonyl (C=O) groups excluding carboxylic acids is 1. The minimum Gasteiger partial charge on any atom is -0.373 e. The van der Waals surface area contributed by atoms with Gasteiger partial charge in [-0.2, -0.15) is 0 Å². The molecule has 1 atom stereocenters. The maximum Gasteiger partial charge on any atom is 0.165 e. The summed E-state index contributed by atoms with van der Waals surface area (Å²) in [6, 6.07) is 10.00. The highest BCUT2D eigenvalue weighted by Gasteiger charge is 2.24. The van der Waals surface area contributed by atoms with E-state index in [2.05, 4.69) is 0 Å². The second-order valence-corrected chi connectivity index (χ2v) is 5.09. The van der Waals surface area contributed by atoms with Crippen LogP contribution in [0.25, 0.3) is 0 Å². The van der Waals surface area contributed by atoms with Gasteiger partial charge in [-0.25, -0.2) is 8.78 Å². The molecule has 0 saturated heterocycles. The highest BCUT2D eigenvalue weighted by atomic mass is 19.1. The molecule has 2 aromatic carbocycles. The highest BCUT2D eigenvalue weighted by molar-refractivity contribution is 5.96. The Labute approximate surface area is 121 Å². The van der Waals surface area contributed by atoms with E-state index in [-0.39, 0.29) is 29.9 Å². The third kappa shape index (κ3) is 3.00. The summed E-state index contributed by atoms with van der Waals surface area (Å²) in [6.07, 6.45) is 0.449. The second kappa shape index (κ2) is 5.74. The molecule has 0 amide bonds. The van der Waals surface area contributed by atoms with Gasteiger partial charge in [0.1, 0.15) is 11.6 Å². The molecule has 0 radical (unpaired) electrons. The lowest BCUT2D eigenvalue weighted by atomic mass is 9.93. The van der Waals surface area contributed by atoms with Crippen LogP contribution >= 0.6 is 0 Å². The lowest BCUT2D eigenvalue weighted by molar-refractivity contribution is 0.0351. The van der Waals surface area contributed by atoms with Crippen LogP contribution < -0.4 is 0 Å². The predicted octanol–water partition coefficient (Wildman–Crippen LogP) is 3.85. The maximum atomic E-state index is 13.2. The van der Waals surface area contributed by atoms with Gasteiger partial charge in [-0.05, 0) is 53.9 Å². The largest absolute Gasteiger partial charge is 0.373 e. The summed E-state index contributed by atoms with van der Waals surface area (Å²) in [6.45, 7) is 0.470. The van der Waals surface area contributed by atoms with E-state index in [1.54, 1.807) is 6.07 Å². The smallest absolute Gasteiger partial charge is 0.165 e. The van der Waals surface area contributed by atoms with Crippen LogP contribution in [-0.4, -0.2) is 12.4 Å². The molecule has 0 saturated carbocycles. The number of ketones is 1. The molecular formula is C17H14F2O2. The average Bonchev–Trinajstić information content (AvgIpc) is 2.47. The van der Waals surface area contributed by atoms with Gasteiger partial charge in [0.25, 0.3) is 0 Å². The molecule has 0 aliphatic carbocycles. The van der Waals surface area contributed by atoms with Crippen LogP contribution in [0.5, 0.6) is 0 Å². The van der Waals surface area contributed by atoms with Crippen molar-refractivity contribution in [1.82, 2.24) is 0 Å². The molecule has 2 aromatic rings. The Morgan fingerprint density at radius 3 is 2.57 bits per heavy atom. The normalized spacial score (nSPS) is 17.3. The number of carbonyl (C=O) groups is 1. The molecule has 1 aliphatic rings. The van der Waals surface area contributed by atoms with Crippen LogP contribution in [0.15, 0.2) is 42.5 Å². The van der Waals surface area contributed by atoms with E-state index in [1.165, 1.54) is 36.4 Å². The third-order valence-corrected chi connectivity index (χ3v) is 3.68. The summed E-state index contributed by atoms with van der Waals surface area (Å²) >= 11 is 0. The Morgan fingerprint density at radius 2 is 1.81 bits per heavy atom. The van der Waals surface area contributed by atoms with Crippen molar-refractivity contribution in [1.29, 1.82) is 0 Å². The van der Waals surface area contributed by atoms with Gasteiger partial charge in [0.2, 0.25) is 0 Å². The van der Waals surface area contributed by atoms with Crippen molar-refractivity contribution >= 4 is 5.78 Å². The number of rotatable bonds is 3. The number of hydrogen-bond acceptors (Lipinski definition) is 2. The van der Waals surface area contributed by atoms with Crippen molar-refractivity contribution in [2.75, 3.05) is 6.61 Å². The maximum absolute atomic E-state index is 13.2. The Balaban J connectivity index is 1.80. The van der Waals surface area contributed by atoms with Gasteiger partial charge in [0, 0.05) is 12.0 Å². The first-order valence-corrected chi connectivity index (χ1v) is 6.82. The Hall–Kier alpha value is -2.07. The van der Waals surface area contributed by atoms with Crippen molar-refractivity contribution in [2.24, 2.45) is 0 Å². The molecule has 1 heterocycles. The lowest BCUT2D eigenvalue weighted by Crippen LogP contribution is -2.19. The summed E-state index contributed by atoms with van der Waals surface area (Å²) in [7, 11) is 0. The first-order valence-electron chi connectivity index (χ1n) is 6.82. The molecule has 0 unspecified atom stereocenters. The van der Waals surface area contributed by atoms with E-state index < -0.39 is 0 Å². The van der Waals surface area contributed by atoms with E-state index in [0.717, 1.165) is 11.1 Å². The van der Waals surface area contributed by atoms with Crippen LogP contribution in [0.1, 0.15) is 34.0 Å². The standard InChI is InChI=1S/C17H14F2O2/c18-13-3-1-11(2-4-13)16(20)10-17-15-6-5-14(19)9-12(15)7-8-21-17/h1-6,9,17H,7-8,10H2/t17-/m1/s1. The third-order valence-electron chi connectivity index (χ3n) is 3.68. The van der Waals surface area contributed by atoms with Gasteiger partial charge in [-0.15, -0.1) is 0 Å². The summed E-state index contributed by atoms with van der Waals surface area (Å²) < 4.78 is 31.8. The van der Waals surface area contributed by atoms with Crippen molar-refractivity contribution in [3.05, 3.63) is 70.8 Å². The van der Waals surface area contributed by atoms with E-state index in [4.69, 9.17) is 4.74 Å².